The number of carbonyl (C=O) groups excluding carboxylic acids is 1. The molecular formula is C38H46ClFN12O3. The molecule has 1 amide bonds. The fourth-order valence-corrected chi connectivity index (χ4v) is 6.31. The zero-order chi connectivity index (χ0) is 39.0. The van der Waals surface area contributed by atoms with E-state index in [-0.39, 0.29) is 18.0 Å². The van der Waals surface area contributed by atoms with E-state index in [4.69, 9.17) is 31.8 Å². The van der Waals surface area contributed by atoms with Gasteiger partial charge in [-0.15, -0.1) is 0 Å². The van der Waals surface area contributed by atoms with Crippen molar-refractivity contribution < 1.29 is 18.7 Å². The molecule has 55 heavy (non-hydrogen) atoms. The average molecular weight is 773 g/mol. The average Bonchev–Trinajstić information content (AvgIpc) is 3.79. The number of hydrogen-bond acceptors (Lipinski definition) is 12. The van der Waals surface area contributed by atoms with Crippen LogP contribution in [0, 0.1) is 5.82 Å². The molecule has 8 heterocycles. The number of hydrogen-bond donors (Lipinski definition) is 3. The molecular weight excluding hydrogens is 727 g/mol. The van der Waals surface area contributed by atoms with Crippen LogP contribution in [0.4, 0.5) is 15.0 Å². The van der Waals surface area contributed by atoms with Gasteiger partial charge in [-0.25, -0.2) is 28.2 Å². The topological polar surface area (TPSA) is 175 Å². The second-order valence-corrected chi connectivity index (χ2v) is 14.6. The predicted octanol–water partition coefficient (Wildman–Crippen LogP) is 5.89. The number of nitrogens with one attached hydrogen (secondary N) is 2. The van der Waals surface area contributed by atoms with Crippen LogP contribution < -0.4 is 21.1 Å². The van der Waals surface area contributed by atoms with Gasteiger partial charge in [0.05, 0.1) is 79.1 Å². The van der Waals surface area contributed by atoms with Gasteiger partial charge in [0.1, 0.15) is 28.1 Å². The fraction of sp³-hybridized carbons (Fsp3) is 0.395. The van der Waals surface area contributed by atoms with E-state index in [9.17, 15) is 9.18 Å². The van der Waals surface area contributed by atoms with Crippen molar-refractivity contribution in [3.05, 3.63) is 84.8 Å². The number of fused-ring (bicyclic) bond motifs is 2. The predicted molar refractivity (Wildman–Crippen MR) is 208 cm³/mol. The Hall–Kier alpha value is -5.45. The molecule has 2 aliphatic heterocycles. The standard InChI is InChI=1S/C17H20N6O.C11H6ClFN4.C10H20N2O2/c1-24-13-4-5-16-14(8-20-23(16)11-13)15-9-19-10-17(22-15)21-12-3-2-6-18-7-12;12-11-5-14-4-9(16-11)8-3-15-17-6-7(13)1-2-10(8)17;1-10(2,3)14-9(13)12-6-4-5-8(11)7-12/h4-5,8-12,18H,2-3,6-7H2,1H3,(H,21,22);1-6H;8H,4-7,11H2,1-3H3/t;;8-/m..1/s1. The minimum atomic E-state index is -0.418. The summed E-state index contributed by atoms with van der Waals surface area (Å²) < 4.78 is 26.7. The lowest BCUT2D eigenvalue weighted by atomic mass is 10.1. The molecule has 2 saturated heterocycles. The van der Waals surface area contributed by atoms with E-state index in [1.54, 1.807) is 47.4 Å². The summed E-state index contributed by atoms with van der Waals surface area (Å²) in [5, 5.41) is 15.6. The van der Waals surface area contributed by atoms with Crippen LogP contribution in [-0.4, -0.2) is 101 Å². The fourth-order valence-electron chi connectivity index (χ4n) is 6.16. The maximum atomic E-state index is 13.0. The normalized spacial score (nSPS) is 17.1. The van der Waals surface area contributed by atoms with Crippen molar-refractivity contribution in [3.8, 4) is 28.3 Å². The molecule has 2 atom stereocenters. The second-order valence-electron chi connectivity index (χ2n) is 14.2. The third-order valence-electron chi connectivity index (χ3n) is 8.75. The quantitative estimate of drug-likeness (QED) is 0.190. The van der Waals surface area contributed by atoms with Gasteiger partial charge in [0.15, 0.2) is 0 Å². The van der Waals surface area contributed by atoms with Crippen LogP contribution >= 0.6 is 11.6 Å². The summed E-state index contributed by atoms with van der Waals surface area (Å²) in [7, 11) is 1.65. The van der Waals surface area contributed by atoms with E-state index in [0.29, 0.717) is 23.4 Å². The zero-order valence-corrected chi connectivity index (χ0v) is 32.1. The number of rotatable bonds is 5. The number of carbonyl (C=O) groups is 1. The van der Waals surface area contributed by atoms with Crippen LogP contribution in [0.25, 0.3) is 33.5 Å². The minimum absolute atomic E-state index is 0.108. The van der Waals surface area contributed by atoms with Gasteiger partial charge in [0.2, 0.25) is 0 Å². The number of ether oxygens (including phenoxy) is 2. The van der Waals surface area contributed by atoms with Crippen molar-refractivity contribution in [2.75, 3.05) is 38.6 Å². The summed E-state index contributed by atoms with van der Waals surface area (Å²) in [6.45, 7) is 9.05. The Bertz CT molecular complexity index is 2200. The van der Waals surface area contributed by atoms with Crippen LogP contribution in [0.2, 0.25) is 5.15 Å². The Balaban J connectivity index is 0.000000147. The lowest BCUT2D eigenvalue weighted by Crippen LogP contribution is -2.47. The maximum absolute atomic E-state index is 13.0. The van der Waals surface area contributed by atoms with Gasteiger partial charge < -0.3 is 30.7 Å². The number of likely N-dealkylation sites (tertiary alicyclic amines) is 1. The Kier molecular flexibility index (Phi) is 12.7. The van der Waals surface area contributed by atoms with Crippen molar-refractivity contribution in [2.24, 2.45) is 5.73 Å². The van der Waals surface area contributed by atoms with E-state index in [2.05, 4.69) is 35.8 Å². The van der Waals surface area contributed by atoms with Crippen LogP contribution in [0.3, 0.4) is 0 Å². The highest BCUT2D eigenvalue weighted by molar-refractivity contribution is 6.29. The molecule has 6 aromatic rings. The number of pyridine rings is 2. The summed E-state index contributed by atoms with van der Waals surface area (Å²) >= 11 is 5.78. The second kappa shape index (κ2) is 17.8. The van der Waals surface area contributed by atoms with E-state index in [1.165, 1.54) is 29.4 Å². The first kappa shape index (κ1) is 39.2. The van der Waals surface area contributed by atoms with Gasteiger partial charge in [0, 0.05) is 42.8 Å². The number of methoxy groups -OCH3 is 1. The van der Waals surface area contributed by atoms with Crippen molar-refractivity contribution in [1.82, 2.24) is 49.4 Å². The number of anilines is 1. The van der Waals surface area contributed by atoms with E-state index in [1.807, 2.05) is 45.3 Å². The molecule has 0 spiro atoms. The number of nitrogens with zero attached hydrogens (tertiary/aromatic N) is 9. The molecule has 0 aromatic carbocycles. The SMILES string of the molecule is CC(C)(C)OC(=O)N1CCC[C@@H](N)C1.COc1ccc2c(-c3cncc(NC4CCCNC4)n3)cnn2c1.Fc1ccc2c(-c3cncc(Cl)n3)cnn2c1. The van der Waals surface area contributed by atoms with Crippen LogP contribution in [0.1, 0.15) is 46.5 Å². The van der Waals surface area contributed by atoms with Gasteiger partial charge in [0.25, 0.3) is 0 Å². The Morgan fingerprint density at radius 3 is 2.27 bits per heavy atom. The molecule has 15 nitrogen and oxygen atoms in total. The highest BCUT2D eigenvalue weighted by Crippen LogP contribution is 2.26. The molecule has 0 radical (unpaired) electrons. The van der Waals surface area contributed by atoms with E-state index >= 15 is 0 Å². The van der Waals surface area contributed by atoms with Crippen LogP contribution in [0.5, 0.6) is 5.75 Å². The van der Waals surface area contributed by atoms with Crippen LogP contribution in [-0.2, 0) is 4.74 Å². The largest absolute Gasteiger partial charge is 0.495 e. The highest BCUT2D eigenvalue weighted by Gasteiger charge is 2.26. The molecule has 4 N–H and O–H groups in total. The van der Waals surface area contributed by atoms with Gasteiger partial charge in [-0.2, -0.15) is 10.2 Å². The molecule has 17 heteroatoms. The number of aromatic nitrogens is 8. The first-order valence-corrected chi connectivity index (χ1v) is 18.5. The number of halogens is 2. The van der Waals surface area contributed by atoms with Crippen molar-refractivity contribution in [1.29, 1.82) is 0 Å². The molecule has 2 fully saturated rings. The molecule has 290 valence electrons. The van der Waals surface area contributed by atoms with Crippen molar-refractivity contribution in [2.45, 2.75) is 64.1 Å². The summed E-state index contributed by atoms with van der Waals surface area (Å²) in [4.78, 5) is 30.5. The Labute approximate surface area is 323 Å². The lowest BCUT2D eigenvalue weighted by Gasteiger charge is -2.32. The molecule has 6 aromatic heterocycles. The molecule has 2 aliphatic rings. The third kappa shape index (κ3) is 10.6. The van der Waals surface area contributed by atoms with E-state index in [0.717, 1.165) is 78.3 Å². The Morgan fingerprint density at radius 2 is 1.62 bits per heavy atom. The summed E-state index contributed by atoms with van der Waals surface area (Å²) in [5.41, 5.74) is 10.2. The molecule has 8 rings (SSSR count). The van der Waals surface area contributed by atoms with Gasteiger partial charge in [-0.1, -0.05) is 11.6 Å². The first-order valence-electron chi connectivity index (χ1n) is 18.1. The first-order chi connectivity index (χ1) is 26.5. The lowest BCUT2D eigenvalue weighted by molar-refractivity contribution is 0.0200. The van der Waals surface area contributed by atoms with Crippen LogP contribution in [0.15, 0.2) is 73.8 Å². The number of nitrogens with two attached hydrogens (primary N) is 1. The maximum Gasteiger partial charge on any atom is 0.410 e. The molecule has 0 bridgehead atoms. The number of piperidine rings is 2. The van der Waals surface area contributed by atoms with Crippen molar-refractivity contribution >= 4 is 34.5 Å². The Morgan fingerprint density at radius 1 is 0.927 bits per heavy atom. The third-order valence-corrected chi connectivity index (χ3v) is 8.94. The summed E-state index contributed by atoms with van der Waals surface area (Å²) in [6, 6.07) is 7.42. The monoisotopic (exact) mass is 772 g/mol. The van der Waals surface area contributed by atoms with Crippen molar-refractivity contribution in [3.63, 3.8) is 0 Å². The number of amides is 1. The van der Waals surface area contributed by atoms with Gasteiger partial charge in [-0.3, -0.25) is 9.97 Å². The zero-order valence-electron chi connectivity index (χ0n) is 31.3. The molecule has 0 saturated carbocycles. The molecule has 1 unspecified atom stereocenters. The highest BCUT2D eigenvalue weighted by atomic mass is 35.5. The minimum Gasteiger partial charge on any atom is -0.495 e. The summed E-state index contributed by atoms with van der Waals surface area (Å²) in [5.74, 6) is 1.22. The van der Waals surface area contributed by atoms with E-state index < -0.39 is 5.60 Å². The smallest absolute Gasteiger partial charge is 0.410 e. The van der Waals surface area contributed by atoms with Gasteiger partial charge in [-0.05, 0) is 77.3 Å². The summed E-state index contributed by atoms with van der Waals surface area (Å²) in [6.07, 6.45) is 17.2. The van der Waals surface area contributed by atoms with Gasteiger partial charge >= 0.3 is 6.09 Å². The molecule has 0 aliphatic carbocycles.